The van der Waals surface area contributed by atoms with Crippen LogP contribution in [0.5, 0.6) is 0 Å². The lowest BCUT2D eigenvalue weighted by Gasteiger charge is -2.22. The normalized spacial score (nSPS) is 12.9. The number of amides is 1. The molecule has 1 atom stereocenters. The number of nitrogens with zero attached hydrogens (tertiary/aromatic N) is 1. The Balaban J connectivity index is 3.94. The molecule has 0 saturated heterocycles. The summed E-state index contributed by atoms with van der Waals surface area (Å²) in [5, 5.41) is 17.4. The molecule has 0 fully saturated rings. The first kappa shape index (κ1) is 13.3. The molecule has 0 radical (unpaired) electrons. The van der Waals surface area contributed by atoms with Crippen LogP contribution in [0, 0.1) is 5.92 Å². The van der Waals surface area contributed by atoms with Gasteiger partial charge in [0, 0.05) is 25.6 Å². The summed E-state index contributed by atoms with van der Waals surface area (Å²) in [5.74, 6) is 4.48. The fourth-order valence-electron chi connectivity index (χ4n) is 1.19. The highest BCUT2D eigenvalue weighted by atomic mass is 16.3. The van der Waals surface area contributed by atoms with Crippen molar-refractivity contribution in [1.29, 1.82) is 0 Å². The maximum Gasteiger partial charge on any atom is 0.237 e. The Labute approximate surface area is 83.7 Å². The third-order valence-corrected chi connectivity index (χ3v) is 1.95. The zero-order valence-electron chi connectivity index (χ0n) is 8.44. The lowest BCUT2D eigenvalue weighted by atomic mass is 10.1. The molecule has 0 aromatic rings. The van der Waals surface area contributed by atoms with Crippen LogP contribution in [0.4, 0.5) is 0 Å². The maximum atomic E-state index is 11.1. The Bertz CT molecular complexity index is 160. The summed E-state index contributed by atoms with van der Waals surface area (Å²) in [6, 6.07) is 0. The monoisotopic (exact) mass is 205 g/mol. The fourth-order valence-corrected chi connectivity index (χ4v) is 1.19. The highest BCUT2D eigenvalue weighted by Crippen LogP contribution is 1.99. The molecule has 0 aliphatic carbocycles. The first-order valence-corrected chi connectivity index (χ1v) is 4.60. The first-order chi connectivity index (χ1) is 6.65. The van der Waals surface area contributed by atoms with Gasteiger partial charge in [0.15, 0.2) is 0 Å². The van der Waals surface area contributed by atoms with Crippen LogP contribution < -0.4 is 11.3 Å². The van der Waals surface area contributed by atoms with Gasteiger partial charge < -0.3 is 10.2 Å². The van der Waals surface area contributed by atoms with Gasteiger partial charge in [0.2, 0.25) is 5.91 Å². The molecule has 0 bridgehead atoms. The molecule has 0 rings (SSSR count). The Hall–Kier alpha value is -0.690. The van der Waals surface area contributed by atoms with Crippen LogP contribution in [-0.2, 0) is 4.79 Å². The molecule has 0 aliphatic heterocycles. The van der Waals surface area contributed by atoms with E-state index < -0.39 is 0 Å². The molecule has 0 saturated carbocycles. The molecule has 0 spiro atoms. The van der Waals surface area contributed by atoms with Crippen molar-refractivity contribution >= 4 is 5.91 Å². The topological polar surface area (TPSA) is 98.8 Å². The van der Waals surface area contributed by atoms with Gasteiger partial charge in [-0.2, -0.15) is 0 Å². The van der Waals surface area contributed by atoms with Gasteiger partial charge in [0.05, 0.1) is 13.2 Å². The molecule has 6 heteroatoms. The second kappa shape index (κ2) is 7.69. The maximum absolute atomic E-state index is 11.1. The summed E-state index contributed by atoms with van der Waals surface area (Å²) >= 11 is 0. The van der Waals surface area contributed by atoms with Gasteiger partial charge in [0.25, 0.3) is 0 Å². The van der Waals surface area contributed by atoms with Gasteiger partial charge in [-0.25, -0.2) is 5.84 Å². The number of nitrogens with one attached hydrogen (secondary N) is 1. The van der Waals surface area contributed by atoms with Crippen LogP contribution >= 0.6 is 0 Å². The summed E-state index contributed by atoms with van der Waals surface area (Å²) in [7, 11) is 0. The highest BCUT2D eigenvalue weighted by molar-refractivity contribution is 5.77. The largest absolute Gasteiger partial charge is 0.395 e. The van der Waals surface area contributed by atoms with E-state index in [-0.39, 0.29) is 25.0 Å². The molecule has 14 heavy (non-hydrogen) atoms. The summed E-state index contributed by atoms with van der Waals surface area (Å²) in [6.45, 7) is 3.13. The fraction of sp³-hybridized carbons (Fsp3) is 0.875. The number of rotatable bonds is 7. The highest BCUT2D eigenvalue weighted by Gasteiger charge is 2.15. The standard InChI is InChI=1S/C8H19N3O3/c1-7(8(14)10-9)6-11(2-4-12)3-5-13/h7,12-13H,2-6,9H2,1H3,(H,10,14). The van der Waals surface area contributed by atoms with Crippen LogP contribution in [0.25, 0.3) is 0 Å². The van der Waals surface area contributed by atoms with Crippen molar-refractivity contribution in [1.82, 2.24) is 10.3 Å². The number of carbonyl (C=O) groups excluding carboxylic acids is 1. The number of aliphatic hydroxyl groups is 2. The van der Waals surface area contributed by atoms with E-state index in [1.807, 2.05) is 0 Å². The molecule has 5 N–H and O–H groups in total. The number of aliphatic hydroxyl groups excluding tert-OH is 2. The van der Waals surface area contributed by atoms with Crippen molar-refractivity contribution in [3.63, 3.8) is 0 Å². The number of hydrazine groups is 1. The van der Waals surface area contributed by atoms with Crippen molar-refractivity contribution < 1.29 is 15.0 Å². The number of hydrogen-bond donors (Lipinski definition) is 4. The van der Waals surface area contributed by atoms with E-state index in [2.05, 4.69) is 5.43 Å². The van der Waals surface area contributed by atoms with Crippen LogP contribution in [0.2, 0.25) is 0 Å². The Morgan fingerprint density at radius 3 is 2.29 bits per heavy atom. The molecule has 0 heterocycles. The lowest BCUT2D eigenvalue weighted by Crippen LogP contribution is -2.42. The number of carbonyl (C=O) groups is 1. The predicted octanol–water partition coefficient (Wildman–Crippen LogP) is -2.10. The van der Waals surface area contributed by atoms with Crippen molar-refractivity contribution in [3.8, 4) is 0 Å². The van der Waals surface area contributed by atoms with Gasteiger partial charge in [-0.05, 0) is 0 Å². The summed E-state index contributed by atoms with van der Waals surface area (Å²) in [5.41, 5.74) is 2.06. The quantitative estimate of drug-likeness (QED) is 0.217. The van der Waals surface area contributed by atoms with Crippen LogP contribution in [0.1, 0.15) is 6.92 Å². The van der Waals surface area contributed by atoms with Crippen LogP contribution in [0.3, 0.4) is 0 Å². The van der Waals surface area contributed by atoms with Crippen molar-refractivity contribution in [2.75, 3.05) is 32.8 Å². The molecule has 0 aliphatic rings. The second-order valence-electron chi connectivity index (χ2n) is 3.16. The van der Waals surface area contributed by atoms with E-state index in [1.165, 1.54) is 0 Å². The van der Waals surface area contributed by atoms with E-state index in [0.29, 0.717) is 19.6 Å². The molecular formula is C8H19N3O3. The minimum Gasteiger partial charge on any atom is -0.395 e. The van der Waals surface area contributed by atoms with E-state index in [1.54, 1.807) is 11.8 Å². The first-order valence-electron chi connectivity index (χ1n) is 4.60. The average molecular weight is 205 g/mol. The van der Waals surface area contributed by atoms with Crippen LogP contribution in [0.15, 0.2) is 0 Å². The third-order valence-electron chi connectivity index (χ3n) is 1.95. The van der Waals surface area contributed by atoms with E-state index in [4.69, 9.17) is 16.1 Å². The van der Waals surface area contributed by atoms with Crippen molar-refractivity contribution in [3.05, 3.63) is 0 Å². The van der Waals surface area contributed by atoms with E-state index >= 15 is 0 Å². The zero-order valence-corrected chi connectivity index (χ0v) is 8.44. The van der Waals surface area contributed by atoms with Gasteiger partial charge in [-0.3, -0.25) is 15.1 Å². The smallest absolute Gasteiger partial charge is 0.237 e. The van der Waals surface area contributed by atoms with Gasteiger partial charge >= 0.3 is 0 Å². The van der Waals surface area contributed by atoms with Gasteiger partial charge in [0.1, 0.15) is 0 Å². The molecule has 1 unspecified atom stereocenters. The second-order valence-corrected chi connectivity index (χ2v) is 3.16. The van der Waals surface area contributed by atoms with Crippen LogP contribution in [-0.4, -0.2) is 53.9 Å². The van der Waals surface area contributed by atoms with E-state index in [0.717, 1.165) is 0 Å². The SMILES string of the molecule is CC(CN(CCO)CCO)C(=O)NN. The summed E-state index contributed by atoms with van der Waals surface area (Å²) in [4.78, 5) is 12.9. The Morgan fingerprint density at radius 2 is 1.93 bits per heavy atom. The number of hydrogen-bond acceptors (Lipinski definition) is 5. The Morgan fingerprint density at radius 1 is 1.43 bits per heavy atom. The molecule has 0 aromatic heterocycles. The van der Waals surface area contributed by atoms with E-state index in [9.17, 15) is 4.79 Å². The van der Waals surface area contributed by atoms with Gasteiger partial charge in [-0.1, -0.05) is 6.92 Å². The predicted molar refractivity (Wildman–Crippen MR) is 52.1 cm³/mol. The Kier molecular flexibility index (Phi) is 7.31. The molecule has 0 aromatic carbocycles. The summed E-state index contributed by atoms with van der Waals surface area (Å²) < 4.78 is 0. The molecule has 6 nitrogen and oxygen atoms in total. The molecule has 84 valence electrons. The number of nitrogens with two attached hydrogens (primary N) is 1. The van der Waals surface area contributed by atoms with Gasteiger partial charge in [-0.15, -0.1) is 0 Å². The minimum absolute atomic E-state index is 0.0109. The zero-order chi connectivity index (χ0) is 11.0. The van der Waals surface area contributed by atoms with Crippen molar-refractivity contribution in [2.45, 2.75) is 6.92 Å². The lowest BCUT2D eigenvalue weighted by molar-refractivity contribution is -0.125. The summed E-state index contributed by atoms with van der Waals surface area (Å²) in [6.07, 6.45) is 0. The third kappa shape index (κ3) is 5.13. The minimum atomic E-state index is -0.252. The molecular weight excluding hydrogens is 186 g/mol. The average Bonchev–Trinajstić information content (AvgIpc) is 2.17. The van der Waals surface area contributed by atoms with Crippen molar-refractivity contribution in [2.24, 2.45) is 11.8 Å². The molecule has 1 amide bonds.